The molecular weight excluding hydrogens is 192 g/mol. The molecule has 0 fully saturated rings. The van der Waals surface area contributed by atoms with Gasteiger partial charge in [-0.25, -0.2) is 0 Å². The third kappa shape index (κ3) is 15.8. The molecule has 0 aromatic heterocycles. The monoisotopic (exact) mass is 216 g/mol. The first kappa shape index (κ1) is 16.5. The second kappa shape index (κ2) is 13.1. The molecule has 0 atom stereocenters. The van der Waals surface area contributed by atoms with Crippen molar-refractivity contribution in [3.8, 4) is 0 Å². The Morgan fingerprint density at radius 2 is 1.73 bits per heavy atom. The highest BCUT2D eigenvalue weighted by atomic mass is 16.2. The minimum atomic E-state index is -0.0489. The SMILES string of the molecule is CC.CC(=O)CNC(=O)CCCCCN. The van der Waals surface area contributed by atoms with Gasteiger partial charge in [0.15, 0.2) is 0 Å². The van der Waals surface area contributed by atoms with Gasteiger partial charge < -0.3 is 11.1 Å². The van der Waals surface area contributed by atoms with Gasteiger partial charge in [-0.2, -0.15) is 0 Å². The third-order valence-electron chi connectivity index (χ3n) is 1.64. The number of nitrogens with two attached hydrogens (primary N) is 1. The van der Waals surface area contributed by atoms with Crippen LogP contribution < -0.4 is 11.1 Å². The summed E-state index contributed by atoms with van der Waals surface area (Å²) in [7, 11) is 0. The van der Waals surface area contributed by atoms with Crippen LogP contribution in [0.4, 0.5) is 0 Å². The highest BCUT2D eigenvalue weighted by molar-refractivity contribution is 5.84. The van der Waals surface area contributed by atoms with Gasteiger partial charge in [0.2, 0.25) is 5.91 Å². The molecule has 4 nitrogen and oxygen atoms in total. The Labute approximate surface area is 92.6 Å². The van der Waals surface area contributed by atoms with E-state index in [9.17, 15) is 9.59 Å². The lowest BCUT2D eigenvalue weighted by molar-refractivity contribution is -0.124. The van der Waals surface area contributed by atoms with Crippen LogP contribution in [-0.4, -0.2) is 24.8 Å². The van der Waals surface area contributed by atoms with Gasteiger partial charge in [-0.1, -0.05) is 20.3 Å². The van der Waals surface area contributed by atoms with Gasteiger partial charge in [0.1, 0.15) is 5.78 Å². The Morgan fingerprint density at radius 1 is 1.13 bits per heavy atom. The molecule has 0 radical (unpaired) electrons. The molecular formula is C11H24N2O2. The summed E-state index contributed by atoms with van der Waals surface area (Å²) in [6.07, 6.45) is 3.28. The van der Waals surface area contributed by atoms with Gasteiger partial charge in [-0.05, 0) is 26.3 Å². The zero-order chi connectivity index (χ0) is 12.1. The molecule has 4 heteroatoms. The number of hydrogen-bond donors (Lipinski definition) is 2. The number of ketones is 1. The summed E-state index contributed by atoms with van der Waals surface area (Å²) < 4.78 is 0. The maximum absolute atomic E-state index is 11.0. The largest absolute Gasteiger partial charge is 0.349 e. The van der Waals surface area contributed by atoms with Gasteiger partial charge in [0.25, 0.3) is 0 Å². The molecule has 0 aromatic rings. The Balaban J connectivity index is 0. The van der Waals surface area contributed by atoms with Crippen molar-refractivity contribution in [2.45, 2.75) is 46.5 Å². The van der Waals surface area contributed by atoms with Crippen molar-refractivity contribution in [1.82, 2.24) is 5.32 Å². The number of rotatable bonds is 7. The fourth-order valence-electron chi connectivity index (χ4n) is 0.918. The molecule has 15 heavy (non-hydrogen) atoms. The van der Waals surface area contributed by atoms with E-state index in [-0.39, 0.29) is 18.2 Å². The maximum atomic E-state index is 11.0. The molecule has 0 spiro atoms. The number of hydrogen-bond acceptors (Lipinski definition) is 3. The number of nitrogens with one attached hydrogen (secondary N) is 1. The van der Waals surface area contributed by atoms with Crippen molar-refractivity contribution in [3.63, 3.8) is 0 Å². The van der Waals surface area contributed by atoms with E-state index >= 15 is 0 Å². The molecule has 0 rings (SSSR count). The quantitative estimate of drug-likeness (QED) is 0.629. The number of amides is 1. The van der Waals surface area contributed by atoms with E-state index in [1.54, 1.807) is 0 Å². The van der Waals surface area contributed by atoms with Gasteiger partial charge >= 0.3 is 0 Å². The van der Waals surface area contributed by atoms with E-state index < -0.39 is 0 Å². The molecule has 0 bridgehead atoms. The van der Waals surface area contributed by atoms with E-state index in [0.717, 1.165) is 19.3 Å². The maximum Gasteiger partial charge on any atom is 0.220 e. The van der Waals surface area contributed by atoms with Crippen LogP contribution >= 0.6 is 0 Å². The summed E-state index contributed by atoms with van der Waals surface area (Å²) >= 11 is 0. The van der Waals surface area contributed by atoms with Gasteiger partial charge in [-0.15, -0.1) is 0 Å². The van der Waals surface area contributed by atoms with Crippen LogP contribution in [0.5, 0.6) is 0 Å². The predicted molar refractivity (Wildman–Crippen MR) is 62.6 cm³/mol. The molecule has 0 aliphatic rings. The average Bonchev–Trinajstić information content (AvgIpc) is 2.24. The standard InChI is InChI=1S/C9H18N2O2.C2H6/c1-8(12)7-11-9(13)5-3-2-4-6-10;1-2/h2-7,10H2,1H3,(H,11,13);1-2H3. The summed E-state index contributed by atoms with van der Waals surface area (Å²) in [6, 6.07) is 0. The zero-order valence-corrected chi connectivity index (χ0v) is 10.1. The molecule has 3 N–H and O–H groups in total. The van der Waals surface area contributed by atoms with Crippen molar-refractivity contribution >= 4 is 11.7 Å². The molecule has 0 aliphatic carbocycles. The van der Waals surface area contributed by atoms with Crippen LogP contribution in [0.1, 0.15) is 46.5 Å². The summed E-state index contributed by atoms with van der Waals surface area (Å²) in [5, 5.41) is 2.54. The Hall–Kier alpha value is -0.900. The minimum Gasteiger partial charge on any atom is -0.349 e. The fourth-order valence-corrected chi connectivity index (χ4v) is 0.918. The average molecular weight is 216 g/mol. The van der Waals surface area contributed by atoms with Crippen molar-refractivity contribution in [2.75, 3.05) is 13.1 Å². The first-order valence-electron chi connectivity index (χ1n) is 5.63. The van der Waals surface area contributed by atoms with Crippen molar-refractivity contribution < 1.29 is 9.59 Å². The lowest BCUT2D eigenvalue weighted by Gasteiger charge is -2.01. The smallest absolute Gasteiger partial charge is 0.220 e. The Morgan fingerprint density at radius 3 is 2.20 bits per heavy atom. The number of Topliss-reactive ketones (excluding diaryl/α,β-unsaturated/α-hetero) is 1. The molecule has 0 saturated heterocycles. The fraction of sp³-hybridized carbons (Fsp3) is 0.818. The van der Waals surface area contributed by atoms with Crippen molar-refractivity contribution in [1.29, 1.82) is 0 Å². The third-order valence-corrected chi connectivity index (χ3v) is 1.64. The second-order valence-electron chi connectivity index (χ2n) is 3.08. The number of carbonyl (C=O) groups is 2. The summed E-state index contributed by atoms with van der Waals surface area (Å²) in [6.45, 7) is 6.28. The molecule has 1 amide bonds. The van der Waals surface area contributed by atoms with Gasteiger partial charge in [0, 0.05) is 6.42 Å². The molecule has 0 saturated carbocycles. The van der Waals surface area contributed by atoms with Crippen molar-refractivity contribution in [2.24, 2.45) is 5.73 Å². The lowest BCUT2D eigenvalue weighted by Crippen LogP contribution is -2.27. The van der Waals surface area contributed by atoms with Crippen LogP contribution in [0.3, 0.4) is 0 Å². The normalized spacial score (nSPS) is 8.80. The first-order valence-corrected chi connectivity index (χ1v) is 5.63. The summed E-state index contributed by atoms with van der Waals surface area (Å²) in [4.78, 5) is 21.5. The predicted octanol–water partition coefficient (Wildman–Crippen LogP) is 1.24. The Bertz CT molecular complexity index is 170. The molecule has 0 heterocycles. The van der Waals surface area contributed by atoms with Crippen LogP contribution in [0.25, 0.3) is 0 Å². The molecule has 90 valence electrons. The summed E-state index contributed by atoms with van der Waals surface area (Å²) in [5.41, 5.74) is 5.30. The highest BCUT2D eigenvalue weighted by Gasteiger charge is 2.00. The minimum absolute atomic E-state index is 0.0182. The molecule has 0 aromatic carbocycles. The van der Waals surface area contributed by atoms with Crippen LogP contribution in [0.15, 0.2) is 0 Å². The van der Waals surface area contributed by atoms with E-state index in [0.29, 0.717) is 13.0 Å². The molecule has 0 aliphatic heterocycles. The van der Waals surface area contributed by atoms with E-state index in [1.807, 2.05) is 13.8 Å². The number of unbranched alkanes of at least 4 members (excludes halogenated alkanes) is 2. The lowest BCUT2D eigenvalue weighted by atomic mass is 10.2. The molecule has 0 unspecified atom stereocenters. The van der Waals surface area contributed by atoms with E-state index in [2.05, 4.69) is 5.32 Å². The van der Waals surface area contributed by atoms with Crippen LogP contribution in [-0.2, 0) is 9.59 Å². The van der Waals surface area contributed by atoms with Crippen LogP contribution in [0.2, 0.25) is 0 Å². The first-order chi connectivity index (χ1) is 7.16. The van der Waals surface area contributed by atoms with Gasteiger partial charge in [-0.3, -0.25) is 9.59 Å². The summed E-state index contributed by atoms with van der Waals surface area (Å²) in [5.74, 6) is -0.0671. The number of carbonyl (C=O) groups excluding carboxylic acids is 2. The Kier molecular flexibility index (Phi) is 14.4. The second-order valence-corrected chi connectivity index (χ2v) is 3.08. The van der Waals surface area contributed by atoms with Gasteiger partial charge in [0.05, 0.1) is 6.54 Å². The van der Waals surface area contributed by atoms with Crippen LogP contribution in [0, 0.1) is 0 Å². The van der Waals surface area contributed by atoms with E-state index in [4.69, 9.17) is 5.73 Å². The van der Waals surface area contributed by atoms with Crippen molar-refractivity contribution in [3.05, 3.63) is 0 Å². The topological polar surface area (TPSA) is 72.2 Å². The highest BCUT2D eigenvalue weighted by Crippen LogP contribution is 1.97. The zero-order valence-electron chi connectivity index (χ0n) is 10.1. The van der Waals surface area contributed by atoms with E-state index in [1.165, 1.54) is 6.92 Å².